The van der Waals surface area contributed by atoms with Crippen LogP contribution in [0.25, 0.3) is 11.0 Å². The van der Waals surface area contributed by atoms with E-state index in [1.54, 1.807) is 6.20 Å². The number of nitrogens with zero attached hydrogens (tertiary/aromatic N) is 6. The third kappa shape index (κ3) is 3.22. The first-order chi connectivity index (χ1) is 13.1. The van der Waals surface area contributed by atoms with Crippen LogP contribution in [0.1, 0.15) is 32.7 Å². The molecule has 1 spiro atoms. The second-order valence-electron chi connectivity index (χ2n) is 8.04. The molecular weight excluding hydrogens is 392 g/mol. The molecule has 0 bridgehead atoms. The molecule has 0 aromatic carbocycles. The zero-order chi connectivity index (χ0) is 20.3. The molecule has 9 nitrogen and oxygen atoms in total. The van der Waals surface area contributed by atoms with Gasteiger partial charge in [0.2, 0.25) is 0 Å². The zero-order valence-electron chi connectivity index (χ0n) is 15.7. The van der Waals surface area contributed by atoms with Crippen LogP contribution in [0, 0.1) is 5.41 Å². The molecule has 2 aromatic heterocycles. The monoisotopic (exact) mass is 415 g/mol. The average molecular weight is 415 g/mol. The van der Waals surface area contributed by atoms with Gasteiger partial charge in [-0.05, 0) is 26.7 Å². The van der Waals surface area contributed by atoms with Crippen LogP contribution in [0.15, 0.2) is 12.5 Å². The molecule has 2 fully saturated rings. The average Bonchev–Trinajstić information content (AvgIpc) is 2.94. The van der Waals surface area contributed by atoms with Crippen molar-refractivity contribution in [2.45, 2.75) is 45.2 Å². The Hall–Kier alpha value is -1.92. The summed E-state index contributed by atoms with van der Waals surface area (Å²) in [7, 11) is -4.15. The zero-order valence-corrected chi connectivity index (χ0v) is 16.5. The van der Waals surface area contributed by atoms with Crippen LogP contribution in [0.5, 0.6) is 0 Å². The number of halogens is 2. The summed E-state index contributed by atoms with van der Waals surface area (Å²) in [6, 6.07) is -0.297. The Morgan fingerprint density at radius 1 is 1.32 bits per heavy atom. The summed E-state index contributed by atoms with van der Waals surface area (Å²) in [5, 5.41) is 10.4. The maximum atomic E-state index is 12.7. The van der Waals surface area contributed by atoms with E-state index in [2.05, 4.69) is 20.0 Å². The normalized spacial score (nSPS) is 19.8. The van der Waals surface area contributed by atoms with E-state index in [-0.39, 0.29) is 11.5 Å². The van der Waals surface area contributed by atoms with Crippen LogP contribution in [0.3, 0.4) is 0 Å². The number of hydrogen-bond acceptors (Lipinski definition) is 6. The fourth-order valence-corrected chi connectivity index (χ4v) is 5.28. The van der Waals surface area contributed by atoms with Crippen LogP contribution >= 0.6 is 0 Å². The van der Waals surface area contributed by atoms with Crippen molar-refractivity contribution in [1.29, 1.82) is 0 Å². The molecule has 0 atom stereocenters. The van der Waals surface area contributed by atoms with Crippen LogP contribution in [0.4, 0.5) is 14.6 Å². The van der Waals surface area contributed by atoms with Crippen molar-refractivity contribution in [2.75, 3.05) is 24.5 Å². The second-order valence-corrected chi connectivity index (χ2v) is 9.54. The smallest absolute Gasteiger partial charge is 0.277 e. The Bertz CT molecular complexity index is 980. The highest BCUT2D eigenvalue weighted by atomic mass is 32.2. The van der Waals surface area contributed by atoms with E-state index in [1.807, 2.05) is 18.5 Å². The standard InChI is InChI=1S/C16H23F2N7O2S/c1-10(2)25-15-12(5-22-25)14(20-9-21-15)23-7-16(8-23)3-11(4-16)24(6-13(17)18)28(19,26)27/h5,9-11,13H,3-4,6-8H2,1-2H3,(H2,19,26,27). The molecule has 3 heterocycles. The Balaban J connectivity index is 1.45. The van der Waals surface area contributed by atoms with Crippen molar-refractivity contribution in [3.63, 3.8) is 0 Å². The molecule has 4 rings (SSSR count). The van der Waals surface area contributed by atoms with Crippen molar-refractivity contribution in [1.82, 2.24) is 24.1 Å². The number of nitrogens with two attached hydrogens (primary N) is 1. The number of fused-ring (bicyclic) bond motifs is 1. The van der Waals surface area contributed by atoms with Gasteiger partial charge < -0.3 is 4.90 Å². The van der Waals surface area contributed by atoms with E-state index in [4.69, 9.17) is 5.14 Å². The fourth-order valence-electron chi connectivity index (χ4n) is 4.39. The van der Waals surface area contributed by atoms with E-state index in [0.717, 1.165) is 21.2 Å². The molecule has 28 heavy (non-hydrogen) atoms. The van der Waals surface area contributed by atoms with Gasteiger partial charge in [0.15, 0.2) is 5.65 Å². The molecule has 1 aliphatic carbocycles. The van der Waals surface area contributed by atoms with Crippen LogP contribution < -0.4 is 10.0 Å². The van der Waals surface area contributed by atoms with E-state index in [0.29, 0.717) is 25.9 Å². The van der Waals surface area contributed by atoms with Gasteiger partial charge in [0.25, 0.3) is 16.6 Å². The molecule has 1 aliphatic heterocycles. The van der Waals surface area contributed by atoms with Crippen LogP contribution in [-0.2, 0) is 10.2 Å². The third-order valence-electron chi connectivity index (χ3n) is 5.60. The quantitative estimate of drug-likeness (QED) is 0.758. The van der Waals surface area contributed by atoms with Crippen LogP contribution in [-0.4, -0.2) is 64.6 Å². The summed E-state index contributed by atoms with van der Waals surface area (Å²) in [5.74, 6) is 0.793. The van der Waals surface area contributed by atoms with Crippen molar-refractivity contribution < 1.29 is 17.2 Å². The van der Waals surface area contributed by atoms with Gasteiger partial charge in [0.1, 0.15) is 12.1 Å². The van der Waals surface area contributed by atoms with Gasteiger partial charge in [-0.15, -0.1) is 0 Å². The number of rotatable bonds is 6. The van der Waals surface area contributed by atoms with E-state index < -0.39 is 29.2 Å². The van der Waals surface area contributed by atoms with Crippen molar-refractivity contribution >= 4 is 27.1 Å². The summed E-state index contributed by atoms with van der Waals surface area (Å²) in [6.07, 6.45) is 1.56. The summed E-state index contributed by atoms with van der Waals surface area (Å²) >= 11 is 0. The molecule has 0 radical (unpaired) electrons. The minimum absolute atomic E-state index is 0.0823. The lowest BCUT2D eigenvalue weighted by Crippen LogP contribution is -2.68. The minimum atomic E-state index is -4.15. The molecule has 2 aromatic rings. The molecular formula is C16H23F2N7O2S. The minimum Gasteiger partial charge on any atom is -0.355 e. The first-order valence-corrected chi connectivity index (χ1v) is 10.6. The molecule has 1 saturated carbocycles. The van der Waals surface area contributed by atoms with Crippen molar-refractivity contribution in [3.05, 3.63) is 12.5 Å². The first kappa shape index (κ1) is 19.4. The van der Waals surface area contributed by atoms with Gasteiger partial charge in [-0.3, -0.25) is 0 Å². The molecule has 0 amide bonds. The van der Waals surface area contributed by atoms with Crippen molar-refractivity contribution in [2.24, 2.45) is 10.6 Å². The third-order valence-corrected chi connectivity index (χ3v) is 6.70. The Morgan fingerprint density at radius 3 is 2.57 bits per heavy atom. The van der Waals surface area contributed by atoms with E-state index in [1.165, 1.54) is 6.33 Å². The van der Waals surface area contributed by atoms with Crippen LogP contribution in [0.2, 0.25) is 0 Å². The summed E-state index contributed by atoms with van der Waals surface area (Å²) < 4.78 is 51.3. The van der Waals surface area contributed by atoms with Gasteiger partial charge >= 0.3 is 0 Å². The van der Waals surface area contributed by atoms with E-state index >= 15 is 0 Å². The topological polar surface area (TPSA) is 110 Å². The first-order valence-electron chi connectivity index (χ1n) is 9.10. The number of aromatic nitrogens is 4. The highest BCUT2D eigenvalue weighted by molar-refractivity contribution is 7.86. The number of anilines is 1. The number of hydrogen-bond donors (Lipinski definition) is 1. The Kier molecular flexibility index (Phi) is 4.55. The van der Waals surface area contributed by atoms with Gasteiger partial charge in [-0.25, -0.2) is 28.6 Å². The maximum Gasteiger partial charge on any atom is 0.277 e. The summed E-state index contributed by atoms with van der Waals surface area (Å²) in [4.78, 5) is 10.8. The van der Waals surface area contributed by atoms with E-state index in [9.17, 15) is 17.2 Å². The van der Waals surface area contributed by atoms with Gasteiger partial charge in [-0.1, -0.05) is 0 Å². The lowest BCUT2D eigenvalue weighted by molar-refractivity contribution is -0.00435. The lowest BCUT2D eigenvalue weighted by atomic mass is 9.60. The Morgan fingerprint density at radius 2 is 2.00 bits per heavy atom. The summed E-state index contributed by atoms with van der Waals surface area (Å²) in [5.41, 5.74) is 0.686. The number of alkyl halides is 2. The highest BCUT2D eigenvalue weighted by Gasteiger charge is 2.56. The molecule has 154 valence electrons. The lowest BCUT2D eigenvalue weighted by Gasteiger charge is -2.60. The van der Waals surface area contributed by atoms with Gasteiger partial charge in [-0.2, -0.15) is 17.8 Å². The maximum absolute atomic E-state index is 12.7. The van der Waals surface area contributed by atoms with Crippen molar-refractivity contribution in [3.8, 4) is 0 Å². The fraction of sp³-hybridized carbons (Fsp3) is 0.688. The summed E-state index contributed by atoms with van der Waals surface area (Å²) in [6.45, 7) is 4.57. The predicted octanol–water partition coefficient (Wildman–Crippen LogP) is 1.15. The van der Waals surface area contributed by atoms with Gasteiger partial charge in [0, 0.05) is 30.6 Å². The SMILES string of the molecule is CC(C)n1ncc2c(N3CC4(CC(N(CC(F)F)S(N)(=O)=O)C4)C3)ncnc21. The molecule has 2 aliphatic rings. The molecule has 0 unspecified atom stereocenters. The molecule has 2 N–H and O–H groups in total. The van der Waals surface area contributed by atoms with Gasteiger partial charge in [0.05, 0.1) is 18.1 Å². The molecule has 12 heteroatoms. The predicted molar refractivity (Wildman–Crippen MR) is 99.2 cm³/mol. The molecule has 1 saturated heterocycles. The second kappa shape index (κ2) is 6.56. The largest absolute Gasteiger partial charge is 0.355 e. The Labute approximate surface area is 161 Å². The highest BCUT2D eigenvalue weighted by Crippen LogP contribution is 2.52.